The quantitative estimate of drug-likeness (QED) is 0.0951. The van der Waals surface area contributed by atoms with E-state index in [1.165, 1.54) is 13.8 Å². The number of aliphatic hydroxyl groups excluding tert-OH is 2. The maximum Gasteiger partial charge on any atom is 0.328 e. The van der Waals surface area contributed by atoms with E-state index in [0.29, 0.717) is 19.4 Å². The normalized spacial score (nSPS) is 17.0. The van der Waals surface area contributed by atoms with Crippen LogP contribution >= 0.6 is 12.6 Å². The van der Waals surface area contributed by atoms with E-state index in [1.54, 1.807) is 0 Å². The summed E-state index contributed by atoms with van der Waals surface area (Å²) in [5.74, 6) is -3.84. The fraction of sp³-hybridized carbons (Fsp3) is 0.765. The predicted octanol–water partition coefficient (Wildman–Crippen LogP) is -3.33. The number of aliphatic carboxylic acids is 1. The zero-order chi connectivity index (χ0) is 23.4. The highest BCUT2D eigenvalue weighted by Gasteiger charge is 2.33. The first-order valence-electron chi connectivity index (χ1n) is 9.52. The number of carbonyl (C=O) groups excluding carboxylic acids is 3. The zero-order valence-corrected chi connectivity index (χ0v) is 18.0. The summed E-state index contributed by atoms with van der Waals surface area (Å²) >= 11 is 3.90. The number of nitrogens with one attached hydrogen (secondary N) is 3. The highest BCUT2D eigenvalue weighted by Crippen LogP contribution is 2.05. The molecule has 0 aromatic rings. The summed E-state index contributed by atoms with van der Waals surface area (Å²) in [5, 5.41) is 35.4. The molecule has 0 aliphatic carbocycles. The molecule has 6 atom stereocenters. The topological polar surface area (TPSA) is 217 Å². The van der Waals surface area contributed by atoms with Gasteiger partial charge in [0.05, 0.1) is 18.2 Å². The highest BCUT2D eigenvalue weighted by atomic mass is 32.1. The maximum absolute atomic E-state index is 12.6. The Labute approximate surface area is 180 Å². The van der Waals surface area contributed by atoms with Gasteiger partial charge in [0.25, 0.3) is 0 Å². The lowest BCUT2D eigenvalue weighted by Gasteiger charge is -2.26. The molecule has 0 radical (unpaired) electrons. The third-order valence-corrected chi connectivity index (χ3v) is 4.62. The van der Waals surface area contributed by atoms with Crippen molar-refractivity contribution in [2.24, 2.45) is 11.5 Å². The Balaban J connectivity index is 5.39. The Morgan fingerprint density at radius 3 is 1.87 bits per heavy atom. The summed E-state index contributed by atoms with van der Waals surface area (Å²) in [4.78, 5) is 48.3. The molecule has 0 aromatic heterocycles. The molecule has 0 saturated carbocycles. The van der Waals surface area contributed by atoms with Crippen molar-refractivity contribution in [1.29, 1.82) is 0 Å². The van der Waals surface area contributed by atoms with Crippen molar-refractivity contribution in [2.75, 3.05) is 12.3 Å². The van der Waals surface area contributed by atoms with Crippen molar-refractivity contribution in [1.82, 2.24) is 16.0 Å². The van der Waals surface area contributed by atoms with Crippen molar-refractivity contribution in [3.63, 3.8) is 0 Å². The van der Waals surface area contributed by atoms with Crippen LogP contribution in [0, 0.1) is 0 Å². The first-order chi connectivity index (χ1) is 14.0. The lowest BCUT2D eigenvalue weighted by molar-refractivity contribution is -0.145. The minimum Gasteiger partial charge on any atom is -0.480 e. The molecule has 6 unspecified atom stereocenters. The van der Waals surface area contributed by atoms with Gasteiger partial charge in [-0.25, -0.2) is 4.79 Å². The van der Waals surface area contributed by atoms with Crippen molar-refractivity contribution in [3.8, 4) is 0 Å². The van der Waals surface area contributed by atoms with Crippen molar-refractivity contribution >= 4 is 36.3 Å². The Bertz CT molecular complexity index is 591. The summed E-state index contributed by atoms with van der Waals surface area (Å²) in [6.45, 7) is 2.82. The van der Waals surface area contributed by atoms with E-state index in [-0.39, 0.29) is 12.2 Å². The average molecular weight is 452 g/mol. The molecular formula is C17H33N5O7S. The Morgan fingerprint density at radius 1 is 0.900 bits per heavy atom. The zero-order valence-electron chi connectivity index (χ0n) is 17.1. The molecule has 0 bridgehead atoms. The van der Waals surface area contributed by atoms with Crippen LogP contribution in [0.4, 0.5) is 0 Å². The SMILES string of the molecule is CC(O)C(NC(=O)C(CCCCN)NC(=O)C(NC(=O)C(N)CS)C(C)O)C(=O)O. The van der Waals surface area contributed by atoms with Crippen LogP contribution in [0.15, 0.2) is 0 Å². The summed E-state index contributed by atoms with van der Waals surface area (Å²) in [5.41, 5.74) is 11.0. The van der Waals surface area contributed by atoms with Gasteiger partial charge < -0.3 is 42.7 Å². The minimum absolute atomic E-state index is 0.0139. The molecule has 30 heavy (non-hydrogen) atoms. The molecule has 3 amide bonds. The number of carbonyl (C=O) groups is 4. The second kappa shape index (κ2) is 14.1. The number of nitrogens with two attached hydrogens (primary N) is 2. The Morgan fingerprint density at radius 2 is 1.43 bits per heavy atom. The van der Waals surface area contributed by atoms with Crippen LogP contribution < -0.4 is 27.4 Å². The summed E-state index contributed by atoms with van der Waals surface area (Å²) in [6, 6.07) is -5.16. The number of unbranched alkanes of at least 4 members (excludes halogenated alkanes) is 1. The second-order valence-electron chi connectivity index (χ2n) is 6.93. The molecule has 174 valence electrons. The van der Waals surface area contributed by atoms with Crippen molar-refractivity contribution < 1.29 is 34.5 Å². The van der Waals surface area contributed by atoms with Gasteiger partial charge in [-0.05, 0) is 39.7 Å². The van der Waals surface area contributed by atoms with Crippen LogP contribution in [0.5, 0.6) is 0 Å². The van der Waals surface area contributed by atoms with Crippen LogP contribution in [0.3, 0.4) is 0 Å². The Hall–Kier alpha value is -1.93. The molecule has 0 fully saturated rings. The van der Waals surface area contributed by atoms with E-state index in [1.807, 2.05) is 0 Å². The summed E-state index contributed by atoms with van der Waals surface area (Å²) in [7, 11) is 0. The molecule has 0 rings (SSSR count). The number of hydrogen-bond acceptors (Lipinski definition) is 9. The van der Waals surface area contributed by atoms with E-state index in [0.717, 1.165) is 0 Å². The lowest BCUT2D eigenvalue weighted by Crippen LogP contribution is -2.60. The molecule has 0 saturated heterocycles. The van der Waals surface area contributed by atoms with Gasteiger partial charge in [-0.1, -0.05) is 0 Å². The molecule has 0 aliphatic heterocycles. The molecular weight excluding hydrogens is 418 g/mol. The van der Waals surface area contributed by atoms with E-state index >= 15 is 0 Å². The molecule has 0 heterocycles. The van der Waals surface area contributed by atoms with Gasteiger partial charge in [0.1, 0.15) is 12.1 Å². The van der Waals surface area contributed by atoms with E-state index in [4.69, 9.17) is 16.6 Å². The molecule has 12 nitrogen and oxygen atoms in total. The van der Waals surface area contributed by atoms with E-state index in [9.17, 15) is 29.4 Å². The van der Waals surface area contributed by atoms with Gasteiger partial charge in [-0.15, -0.1) is 0 Å². The number of amides is 3. The van der Waals surface area contributed by atoms with Crippen LogP contribution in [-0.2, 0) is 19.2 Å². The second-order valence-corrected chi connectivity index (χ2v) is 7.29. The summed E-state index contributed by atoms with van der Waals surface area (Å²) in [6.07, 6.45) is -1.57. The minimum atomic E-state index is -1.58. The fourth-order valence-corrected chi connectivity index (χ4v) is 2.58. The largest absolute Gasteiger partial charge is 0.480 e. The Kier molecular flexibility index (Phi) is 13.2. The number of carboxylic acid groups (broad SMARTS) is 1. The van der Waals surface area contributed by atoms with Crippen LogP contribution in [-0.4, -0.2) is 87.7 Å². The monoisotopic (exact) mass is 451 g/mol. The van der Waals surface area contributed by atoms with Crippen LogP contribution in [0.2, 0.25) is 0 Å². The third-order valence-electron chi connectivity index (χ3n) is 4.22. The smallest absolute Gasteiger partial charge is 0.328 e. The van der Waals surface area contributed by atoms with Crippen LogP contribution in [0.1, 0.15) is 33.1 Å². The van der Waals surface area contributed by atoms with Gasteiger partial charge in [0.2, 0.25) is 17.7 Å². The van der Waals surface area contributed by atoms with E-state index < -0.39 is 60.1 Å². The number of rotatable bonds is 14. The lowest BCUT2D eigenvalue weighted by atomic mass is 10.1. The first kappa shape index (κ1) is 28.1. The van der Waals surface area contributed by atoms with Gasteiger partial charge >= 0.3 is 5.97 Å². The molecule has 10 N–H and O–H groups in total. The maximum atomic E-state index is 12.6. The van der Waals surface area contributed by atoms with Gasteiger partial charge in [0.15, 0.2) is 6.04 Å². The van der Waals surface area contributed by atoms with Gasteiger partial charge in [-0.3, -0.25) is 14.4 Å². The average Bonchev–Trinajstić information content (AvgIpc) is 2.67. The molecule has 0 aliphatic rings. The molecule has 0 spiro atoms. The van der Waals surface area contributed by atoms with Gasteiger partial charge in [0, 0.05) is 5.75 Å². The predicted molar refractivity (Wildman–Crippen MR) is 112 cm³/mol. The number of carboxylic acids is 1. The van der Waals surface area contributed by atoms with Crippen LogP contribution in [0.25, 0.3) is 0 Å². The highest BCUT2D eigenvalue weighted by molar-refractivity contribution is 7.80. The van der Waals surface area contributed by atoms with Crippen molar-refractivity contribution in [3.05, 3.63) is 0 Å². The standard InChI is InChI=1S/C17H33N5O7S/c1-8(23)12(21-14(25)10(19)7-30)16(27)20-11(5-3-4-6-18)15(26)22-13(9(2)24)17(28)29/h8-13,23-24,30H,3-7,18-19H2,1-2H3,(H,20,27)(H,21,25)(H,22,26)(H,28,29). The van der Waals surface area contributed by atoms with Gasteiger partial charge in [-0.2, -0.15) is 12.6 Å². The van der Waals surface area contributed by atoms with Crippen molar-refractivity contribution in [2.45, 2.75) is 69.5 Å². The number of thiol groups is 1. The first-order valence-corrected chi connectivity index (χ1v) is 10.2. The molecule has 13 heteroatoms. The number of aliphatic hydroxyl groups is 2. The summed E-state index contributed by atoms with van der Waals surface area (Å²) < 4.78 is 0. The number of hydrogen-bond donors (Lipinski definition) is 9. The fourth-order valence-electron chi connectivity index (χ4n) is 2.41. The third kappa shape index (κ3) is 9.71. The molecule has 0 aromatic carbocycles. The van der Waals surface area contributed by atoms with E-state index in [2.05, 4.69) is 28.6 Å².